The summed E-state index contributed by atoms with van der Waals surface area (Å²) in [6.45, 7) is 0.447. The van der Waals surface area contributed by atoms with Crippen LogP contribution in [0.25, 0.3) is 0 Å². The van der Waals surface area contributed by atoms with Crippen LogP contribution < -0.4 is 5.73 Å². The van der Waals surface area contributed by atoms with Crippen molar-refractivity contribution in [1.82, 2.24) is 4.98 Å². The molecule has 1 aliphatic carbocycles. The van der Waals surface area contributed by atoms with E-state index in [1.54, 1.807) is 18.3 Å². The smallest absolute Gasteiger partial charge is 0.188 e. The second kappa shape index (κ2) is 2.92. The normalized spacial score (nSPS) is 18.2. The predicted molar refractivity (Wildman–Crippen MR) is 49.3 cm³/mol. The first-order valence-corrected chi connectivity index (χ1v) is 4.44. The third kappa shape index (κ3) is 1.35. The summed E-state index contributed by atoms with van der Waals surface area (Å²) in [6.07, 6.45) is 3.47. The average molecular weight is 176 g/mol. The van der Waals surface area contributed by atoms with Crippen molar-refractivity contribution in [2.75, 3.05) is 6.54 Å². The predicted octanol–water partition coefficient (Wildman–Crippen LogP) is 1.00. The molecule has 13 heavy (non-hydrogen) atoms. The van der Waals surface area contributed by atoms with Crippen LogP contribution in [0.15, 0.2) is 24.4 Å². The molecule has 2 N–H and O–H groups in total. The van der Waals surface area contributed by atoms with Crippen molar-refractivity contribution in [3.63, 3.8) is 0 Å². The van der Waals surface area contributed by atoms with Crippen LogP contribution in [0.5, 0.6) is 0 Å². The van der Waals surface area contributed by atoms with Gasteiger partial charge in [0.1, 0.15) is 5.69 Å². The number of hydrogen-bond donors (Lipinski definition) is 1. The van der Waals surface area contributed by atoms with Gasteiger partial charge in [0.2, 0.25) is 0 Å². The lowest BCUT2D eigenvalue weighted by atomic mass is 9.98. The van der Waals surface area contributed by atoms with Gasteiger partial charge in [0.05, 0.1) is 0 Å². The van der Waals surface area contributed by atoms with Gasteiger partial charge < -0.3 is 5.73 Å². The van der Waals surface area contributed by atoms with E-state index in [4.69, 9.17) is 5.73 Å². The minimum absolute atomic E-state index is 0.107. The van der Waals surface area contributed by atoms with Crippen LogP contribution in [0.1, 0.15) is 23.3 Å². The molecule has 1 aromatic heterocycles. The summed E-state index contributed by atoms with van der Waals surface area (Å²) in [5, 5.41) is 0. The maximum absolute atomic E-state index is 11.8. The summed E-state index contributed by atoms with van der Waals surface area (Å²) in [4.78, 5) is 15.8. The van der Waals surface area contributed by atoms with Crippen molar-refractivity contribution in [3.05, 3.63) is 30.1 Å². The van der Waals surface area contributed by atoms with E-state index in [1.807, 2.05) is 6.07 Å². The van der Waals surface area contributed by atoms with Gasteiger partial charge in [-0.25, -0.2) is 0 Å². The van der Waals surface area contributed by atoms with E-state index in [0.717, 1.165) is 12.8 Å². The van der Waals surface area contributed by atoms with E-state index in [2.05, 4.69) is 4.98 Å². The summed E-state index contributed by atoms with van der Waals surface area (Å²) in [7, 11) is 0. The van der Waals surface area contributed by atoms with Crippen molar-refractivity contribution in [1.29, 1.82) is 0 Å². The summed E-state index contributed by atoms with van der Waals surface area (Å²) < 4.78 is 0. The van der Waals surface area contributed by atoms with Gasteiger partial charge in [-0.15, -0.1) is 0 Å². The lowest BCUT2D eigenvalue weighted by molar-refractivity contribution is 0.0900. The highest BCUT2D eigenvalue weighted by Crippen LogP contribution is 2.46. The average Bonchev–Trinajstić information content (AvgIpc) is 2.99. The zero-order chi connectivity index (χ0) is 9.31. The third-order valence-corrected chi connectivity index (χ3v) is 2.62. The molecule has 0 aliphatic heterocycles. The molecule has 0 aromatic carbocycles. The number of nitrogens with zero attached hydrogens (tertiary/aromatic N) is 1. The van der Waals surface area contributed by atoms with Crippen LogP contribution in [0.3, 0.4) is 0 Å². The van der Waals surface area contributed by atoms with Crippen LogP contribution in [0.2, 0.25) is 0 Å². The van der Waals surface area contributed by atoms with Gasteiger partial charge in [0.25, 0.3) is 0 Å². The van der Waals surface area contributed by atoms with Crippen molar-refractivity contribution in [2.45, 2.75) is 12.8 Å². The standard InChI is InChI=1S/C10H12N2O/c11-7-10(4-5-10)9(13)8-3-1-2-6-12-8/h1-3,6H,4-5,7,11H2. The summed E-state index contributed by atoms with van der Waals surface area (Å²) in [6, 6.07) is 5.38. The van der Waals surface area contributed by atoms with Crippen LogP contribution in [0.4, 0.5) is 0 Å². The number of carbonyl (C=O) groups is 1. The van der Waals surface area contributed by atoms with Crippen molar-refractivity contribution in [2.24, 2.45) is 11.1 Å². The molecular weight excluding hydrogens is 164 g/mol. The van der Waals surface area contributed by atoms with Gasteiger partial charge in [0, 0.05) is 18.2 Å². The number of rotatable bonds is 3. The Kier molecular flexibility index (Phi) is 1.88. The second-order valence-corrected chi connectivity index (χ2v) is 3.53. The quantitative estimate of drug-likeness (QED) is 0.699. The Morgan fingerprint density at radius 2 is 2.31 bits per heavy atom. The van der Waals surface area contributed by atoms with E-state index in [0.29, 0.717) is 12.2 Å². The van der Waals surface area contributed by atoms with Gasteiger partial charge in [-0.3, -0.25) is 9.78 Å². The maximum Gasteiger partial charge on any atom is 0.188 e. The van der Waals surface area contributed by atoms with Crippen LogP contribution in [-0.4, -0.2) is 17.3 Å². The monoisotopic (exact) mass is 176 g/mol. The first-order chi connectivity index (χ1) is 6.28. The van der Waals surface area contributed by atoms with E-state index in [-0.39, 0.29) is 11.2 Å². The number of hydrogen-bond acceptors (Lipinski definition) is 3. The maximum atomic E-state index is 11.8. The molecule has 0 spiro atoms. The molecule has 0 bridgehead atoms. The molecule has 0 unspecified atom stereocenters. The number of carbonyl (C=O) groups excluding carboxylic acids is 1. The highest BCUT2D eigenvalue weighted by Gasteiger charge is 2.48. The van der Waals surface area contributed by atoms with Crippen LogP contribution in [0, 0.1) is 5.41 Å². The van der Waals surface area contributed by atoms with E-state index in [9.17, 15) is 4.79 Å². The van der Waals surface area contributed by atoms with E-state index >= 15 is 0 Å². The molecule has 0 saturated heterocycles. The highest BCUT2D eigenvalue weighted by molar-refractivity contribution is 6.00. The first kappa shape index (κ1) is 8.38. The van der Waals surface area contributed by atoms with Gasteiger partial charge in [-0.05, 0) is 25.0 Å². The topological polar surface area (TPSA) is 56.0 Å². The molecule has 0 radical (unpaired) electrons. The Morgan fingerprint density at radius 1 is 1.54 bits per heavy atom. The first-order valence-electron chi connectivity index (χ1n) is 4.44. The molecule has 0 atom stereocenters. The number of Topliss-reactive ketones (excluding diaryl/α,β-unsaturated/α-hetero) is 1. The zero-order valence-corrected chi connectivity index (χ0v) is 7.36. The number of pyridine rings is 1. The molecule has 2 rings (SSSR count). The zero-order valence-electron chi connectivity index (χ0n) is 7.36. The number of aromatic nitrogens is 1. The van der Waals surface area contributed by atoms with Gasteiger partial charge >= 0.3 is 0 Å². The lowest BCUT2D eigenvalue weighted by Crippen LogP contribution is -2.25. The van der Waals surface area contributed by atoms with Crippen LogP contribution >= 0.6 is 0 Å². The third-order valence-electron chi connectivity index (χ3n) is 2.62. The molecule has 3 nitrogen and oxygen atoms in total. The fraction of sp³-hybridized carbons (Fsp3) is 0.400. The molecule has 68 valence electrons. The SMILES string of the molecule is NCC1(C(=O)c2ccccn2)CC1. The minimum Gasteiger partial charge on any atom is -0.329 e. The van der Waals surface area contributed by atoms with Crippen LogP contribution in [-0.2, 0) is 0 Å². The van der Waals surface area contributed by atoms with Gasteiger partial charge in [-0.2, -0.15) is 0 Å². The Hall–Kier alpha value is -1.22. The molecule has 0 amide bonds. The molecular formula is C10H12N2O. The fourth-order valence-corrected chi connectivity index (χ4v) is 1.44. The summed E-state index contributed by atoms with van der Waals surface area (Å²) >= 11 is 0. The molecule has 3 heteroatoms. The Balaban J connectivity index is 2.24. The Bertz CT molecular complexity index is 317. The molecule has 1 aromatic rings. The molecule has 1 heterocycles. The fourth-order valence-electron chi connectivity index (χ4n) is 1.44. The van der Waals surface area contributed by atoms with Gasteiger partial charge in [0.15, 0.2) is 5.78 Å². The van der Waals surface area contributed by atoms with E-state index in [1.165, 1.54) is 0 Å². The summed E-state index contributed by atoms with van der Waals surface area (Å²) in [5.41, 5.74) is 5.84. The molecule has 1 fully saturated rings. The largest absolute Gasteiger partial charge is 0.329 e. The van der Waals surface area contributed by atoms with Gasteiger partial charge in [-0.1, -0.05) is 6.07 Å². The van der Waals surface area contributed by atoms with Crippen molar-refractivity contribution >= 4 is 5.78 Å². The van der Waals surface area contributed by atoms with E-state index < -0.39 is 0 Å². The summed E-state index contributed by atoms with van der Waals surface area (Å²) in [5.74, 6) is 0.107. The van der Waals surface area contributed by atoms with Crippen molar-refractivity contribution < 1.29 is 4.79 Å². The van der Waals surface area contributed by atoms with Crippen molar-refractivity contribution in [3.8, 4) is 0 Å². The number of ketones is 1. The molecule has 1 saturated carbocycles. The molecule has 1 aliphatic rings. The Morgan fingerprint density at radius 3 is 2.77 bits per heavy atom. The highest BCUT2D eigenvalue weighted by atomic mass is 16.1. The lowest BCUT2D eigenvalue weighted by Gasteiger charge is -2.09. The Labute approximate surface area is 77.0 Å². The second-order valence-electron chi connectivity index (χ2n) is 3.53. The minimum atomic E-state index is -0.269. The number of nitrogens with two attached hydrogens (primary N) is 1.